The normalized spacial score (nSPS) is 23.4. The van der Waals surface area contributed by atoms with Crippen LogP contribution < -0.4 is 0 Å². The van der Waals surface area contributed by atoms with Crippen molar-refractivity contribution in [3.63, 3.8) is 0 Å². The van der Waals surface area contributed by atoms with Gasteiger partial charge >= 0.3 is 0 Å². The van der Waals surface area contributed by atoms with Crippen LogP contribution >= 0.6 is 11.8 Å². The summed E-state index contributed by atoms with van der Waals surface area (Å²) < 4.78 is 0. The fourth-order valence-electron chi connectivity index (χ4n) is 2.97. The summed E-state index contributed by atoms with van der Waals surface area (Å²) in [5.41, 5.74) is 0. The van der Waals surface area contributed by atoms with Crippen LogP contribution in [0.5, 0.6) is 0 Å². The maximum Gasteiger partial charge on any atom is 0.233 e. The van der Waals surface area contributed by atoms with Gasteiger partial charge in [-0.3, -0.25) is 9.69 Å². The van der Waals surface area contributed by atoms with E-state index in [2.05, 4.69) is 21.9 Å². The van der Waals surface area contributed by atoms with Gasteiger partial charge in [-0.15, -0.1) is 11.8 Å². The van der Waals surface area contributed by atoms with Crippen LogP contribution in [0.2, 0.25) is 0 Å². The summed E-state index contributed by atoms with van der Waals surface area (Å²) in [6.07, 6.45) is 2.56. The van der Waals surface area contributed by atoms with E-state index in [9.17, 15) is 4.79 Å². The Kier molecular flexibility index (Phi) is 4.09. The molecule has 1 unspecified atom stereocenters. The SMILES string of the molecule is O=C(CSc1ccccc1)N1CCN2CCCC2C1. The van der Waals surface area contributed by atoms with Gasteiger partial charge in [-0.2, -0.15) is 0 Å². The Morgan fingerprint density at radius 2 is 2.05 bits per heavy atom. The maximum atomic E-state index is 12.2. The van der Waals surface area contributed by atoms with Crippen LogP contribution in [0.4, 0.5) is 0 Å². The number of benzene rings is 1. The smallest absolute Gasteiger partial charge is 0.233 e. The van der Waals surface area contributed by atoms with Gasteiger partial charge < -0.3 is 4.90 Å². The Bertz CT molecular complexity index is 437. The second kappa shape index (κ2) is 5.97. The number of carbonyl (C=O) groups is 1. The average molecular weight is 276 g/mol. The van der Waals surface area contributed by atoms with E-state index >= 15 is 0 Å². The Morgan fingerprint density at radius 1 is 1.21 bits per heavy atom. The minimum absolute atomic E-state index is 0.292. The van der Waals surface area contributed by atoms with Crippen molar-refractivity contribution in [1.29, 1.82) is 0 Å². The number of hydrogen-bond donors (Lipinski definition) is 0. The lowest BCUT2D eigenvalue weighted by Crippen LogP contribution is -2.52. The van der Waals surface area contributed by atoms with Crippen LogP contribution in [0.1, 0.15) is 12.8 Å². The van der Waals surface area contributed by atoms with Crippen molar-refractivity contribution in [3.8, 4) is 0 Å². The Hall–Kier alpha value is -1.00. The van der Waals surface area contributed by atoms with Crippen molar-refractivity contribution >= 4 is 17.7 Å². The molecule has 0 saturated carbocycles. The first-order valence-electron chi connectivity index (χ1n) is 7.02. The highest BCUT2D eigenvalue weighted by atomic mass is 32.2. The van der Waals surface area contributed by atoms with Crippen molar-refractivity contribution in [2.75, 3.05) is 31.9 Å². The van der Waals surface area contributed by atoms with Gasteiger partial charge in [0.25, 0.3) is 0 Å². The third-order valence-corrected chi connectivity index (χ3v) is 5.04. The second-order valence-electron chi connectivity index (χ2n) is 5.27. The Labute approximate surface area is 119 Å². The largest absolute Gasteiger partial charge is 0.339 e. The molecule has 2 aliphatic rings. The first-order chi connectivity index (χ1) is 9.33. The molecule has 0 bridgehead atoms. The molecule has 3 nitrogen and oxygen atoms in total. The Balaban J connectivity index is 1.50. The zero-order valence-electron chi connectivity index (χ0n) is 11.1. The van der Waals surface area contributed by atoms with E-state index in [1.54, 1.807) is 11.8 Å². The number of piperazine rings is 1. The number of hydrogen-bond acceptors (Lipinski definition) is 3. The molecule has 0 aromatic heterocycles. The predicted octanol–water partition coefficient (Wildman–Crippen LogP) is 2.09. The fourth-order valence-corrected chi connectivity index (χ4v) is 3.79. The van der Waals surface area contributed by atoms with Gasteiger partial charge in [0.15, 0.2) is 0 Å². The van der Waals surface area contributed by atoms with Crippen LogP contribution in [-0.4, -0.2) is 53.7 Å². The quantitative estimate of drug-likeness (QED) is 0.790. The van der Waals surface area contributed by atoms with Crippen LogP contribution in [0.15, 0.2) is 35.2 Å². The van der Waals surface area contributed by atoms with Gasteiger partial charge in [0.2, 0.25) is 5.91 Å². The number of carbonyl (C=O) groups excluding carboxylic acids is 1. The van der Waals surface area contributed by atoms with Gasteiger partial charge in [0.1, 0.15) is 0 Å². The van der Waals surface area contributed by atoms with Crippen LogP contribution in [0.25, 0.3) is 0 Å². The second-order valence-corrected chi connectivity index (χ2v) is 6.32. The lowest BCUT2D eigenvalue weighted by molar-refractivity contribution is -0.130. The van der Waals surface area contributed by atoms with E-state index in [1.165, 1.54) is 24.3 Å². The van der Waals surface area contributed by atoms with E-state index in [1.807, 2.05) is 18.2 Å². The van der Waals surface area contributed by atoms with Crippen LogP contribution in [0.3, 0.4) is 0 Å². The van der Waals surface area contributed by atoms with Crippen molar-refractivity contribution in [2.24, 2.45) is 0 Å². The summed E-state index contributed by atoms with van der Waals surface area (Å²) in [6, 6.07) is 10.8. The third-order valence-electron chi connectivity index (χ3n) is 4.05. The molecule has 3 rings (SSSR count). The van der Waals surface area contributed by atoms with Gasteiger partial charge in [-0.05, 0) is 31.5 Å². The van der Waals surface area contributed by atoms with Crippen molar-refractivity contribution in [1.82, 2.24) is 9.80 Å². The van der Waals surface area contributed by atoms with Gasteiger partial charge in [-0.25, -0.2) is 0 Å². The lowest BCUT2D eigenvalue weighted by Gasteiger charge is -2.37. The Morgan fingerprint density at radius 3 is 2.89 bits per heavy atom. The highest BCUT2D eigenvalue weighted by Crippen LogP contribution is 2.23. The zero-order valence-corrected chi connectivity index (χ0v) is 11.9. The first-order valence-corrected chi connectivity index (χ1v) is 8.01. The van der Waals surface area contributed by atoms with Crippen molar-refractivity contribution in [3.05, 3.63) is 30.3 Å². The molecule has 4 heteroatoms. The molecule has 102 valence electrons. The molecular formula is C15H20N2OS. The standard InChI is InChI=1S/C15H20N2OS/c18-15(12-19-14-6-2-1-3-7-14)17-10-9-16-8-4-5-13(16)11-17/h1-3,6-7,13H,4-5,8-12H2. The number of fused-ring (bicyclic) bond motifs is 1. The molecular weight excluding hydrogens is 256 g/mol. The number of rotatable bonds is 3. The molecule has 0 radical (unpaired) electrons. The van der Waals surface area contributed by atoms with E-state index in [0.717, 1.165) is 19.6 Å². The molecule has 2 fully saturated rings. The molecule has 0 spiro atoms. The lowest BCUT2D eigenvalue weighted by atomic mass is 10.1. The van der Waals surface area contributed by atoms with Gasteiger partial charge in [-0.1, -0.05) is 18.2 Å². The maximum absolute atomic E-state index is 12.2. The van der Waals surface area contributed by atoms with E-state index in [-0.39, 0.29) is 0 Å². The third kappa shape index (κ3) is 3.12. The first kappa shape index (κ1) is 13.0. The molecule has 1 amide bonds. The molecule has 0 N–H and O–H groups in total. The fraction of sp³-hybridized carbons (Fsp3) is 0.533. The summed E-state index contributed by atoms with van der Waals surface area (Å²) in [5.74, 6) is 0.858. The highest BCUT2D eigenvalue weighted by molar-refractivity contribution is 8.00. The minimum Gasteiger partial charge on any atom is -0.339 e. The summed E-state index contributed by atoms with van der Waals surface area (Å²) in [5, 5.41) is 0. The molecule has 2 saturated heterocycles. The number of nitrogens with zero attached hydrogens (tertiary/aromatic N) is 2. The van der Waals surface area contributed by atoms with Gasteiger partial charge in [0.05, 0.1) is 5.75 Å². The summed E-state index contributed by atoms with van der Waals surface area (Å²) >= 11 is 1.64. The van der Waals surface area contributed by atoms with E-state index in [4.69, 9.17) is 0 Å². The summed E-state index contributed by atoms with van der Waals surface area (Å²) in [6.45, 7) is 4.14. The van der Waals surface area contributed by atoms with Crippen LogP contribution in [0, 0.1) is 0 Å². The molecule has 1 atom stereocenters. The molecule has 2 aliphatic heterocycles. The van der Waals surface area contributed by atoms with Crippen molar-refractivity contribution < 1.29 is 4.79 Å². The summed E-state index contributed by atoms with van der Waals surface area (Å²) in [4.78, 5) is 18.0. The number of amides is 1. The number of thioether (sulfide) groups is 1. The molecule has 0 aliphatic carbocycles. The van der Waals surface area contributed by atoms with Crippen LogP contribution in [-0.2, 0) is 4.79 Å². The predicted molar refractivity (Wildman–Crippen MR) is 78.3 cm³/mol. The molecule has 19 heavy (non-hydrogen) atoms. The zero-order chi connectivity index (χ0) is 13.1. The summed E-state index contributed by atoms with van der Waals surface area (Å²) in [7, 11) is 0. The average Bonchev–Trinajstić information content (AvgIpc) is 2.93. The van der Waals surface area contributed by atoms with Crippen molar-refractivity contribution in [2.45, 2.75) is 23.8 Å². The van der Waals surface area contributed by atoms with E-state index in [0.29, 0.717) is 17.7 Å². The molecule has 1 aromatic rings. The molecule has 1 aromatic carbocycles. The molecule has 2 heterocycles. The topological polar surface area (TPSA) is 23.6 Å². The van der Waals surface area contributed by atoms with E-state index < -0.39 is 0 Å². The van der Waals surface area contributed by atoms with Gasteiger partial charge in [0, 0.05) is 30.6 Å². The monoisotopic (exact) mass is 276 g/mol. The highest BCUT2D eigenvalue weighted by Gasteiger charge is 2.32. The minimum atomic E-state index is 0.292.